The number of esters is 2. The molecule has 0 rings (SSSR count). The van der Waals surface area contributed by atoms with E-state index >= 15 is 0 Å². The third-order valence-corrected chi connectivity index (χ3v) is 8.80. The molecule has 0 aliphatic carbocycles. The van der Waals surface area contributed by atoms with Gasteiger partial charge in [-0.15, -0.1) is 0 Å². The predicted molar refractivity (Wildman–Crippen MR) is 219 cm³/mol. The summed E-state index contributed by atoms with van der Waals surface area (Å²) in [5.41, 5.74) is 0. The number of rotatable bonds is 34. The molecule has 302 valence electrons. The molecule has 0 aromatic heterocycles. The first-order valence-electron chi connectivity index (χ1n) is 19.9. The Bertz CT molecular complexity index is 1180. The third kappa shape index (κ3) is 38.7. The Balaban J connectivity index is 4.59. The van der Waals surface area contributed by atoms with Crippen molar-refractivity contribution in [2.45, 2.75) is 129 Å². The Hall–Kier alpha value is -2.81. The van der Waals surface area contributed by atoms with Crippen LogP contribution in [0, 0.1) is 0 Å². The summed E-state index contributed by atoms with van der Waals surface area (Å²) in [5, 5.41) is 0. The fraction of sp³-hybridized carbons (Fsp3) is 0.628. The van der Waals surface area contributed by atoms with E-state index in [1.54, 1.807) is 0 Å². The number of unbranched alkanes of at least 4 members (excludes halogenated alkanes) is 11. The number of hydrogen-bond acceptors (Lipinski definition) is 7. The van der Waals surface area contributed by atoms with E-state index in [0.717, 1.165) is 32.1 Å². The zero-order valence-electron chi connectivity index (χ0n) is 33.7. The predicted octanol–water partition coefficient (Wildman–Crippen LogP) is 10.8. The highest BCUT2D eigenvalue weighted by Gasteiger charge is 2.27. The van der Waals surface area contributed by atoms with Gasteiger partial charge in [-0.1, -0.05) is 144 Å². The molecule has 0 saturated heterocycles. The Morgan fingerprint density at radius 3 is 1.68 bits per heavy atom. The third-order valence-electron chi connectivity index (χ3n) is 7.82. The van der Waals surface area contributed by atoms with Gasteiger partial charge in [0.05, 0.1) is 27.7 Å². The zero-order chi connectivity index (χ0) is 39.3. The lowest BCUT2D eigenvalue weighted by Gasteiger charge is -2.24. The minimum Gasteiger partial charge on any atom is -0.462 e. The van der Waals surface area contributed by atoms with Gasteiger partial charge in [-0.3, -0.25) is 18.6 Å². The van der Waals surface area contributed by atoms with Gasteiger partial charge in [-0.25, -0.2) is 4.57 Å². The fourth-order valence-electron chi connectivity index (χ4n) is 4.68. The second kappa shape index (κ2) is 34.9. The van der Waals surface area contributed by atoms with Crippen molar-refractivity contribution in [1.82, 2.24) is 0 Å². The smallest absolute Gasteiger partial charge is 0.462 e. The van der Waals surface area contributed by atoms with Crippen molar-refractivity contribution in [3.8, 4) is 0 Å². The van der Waals surface area contributed by atoms with Crippen LogP contribution in [0.1, 0.15) is 123 Å². The van der Waals surface area contributed by atoms with Gasteiger partial charge in [0, 0.05) is 12.8 Å². The van der Waals surface area contributed by atoms with Crippen molar-refractivity contribution in [2.75, 3.05) is 47.5 Å². The van der Waals surface area contributed by atoms with Crippen LogP contribution in [0.3, 0.4) is 0 Å². The summed E-state index contributed by atoms with van der Waals surface area (Å²) in [6, 6.07) is 0. The Kier molecular flexibility index (Phi) is 33.1. The van der Waals surface area contributed by atoms with Crippen molar-refractivity contribution in [2.24, 2.45) is 0 Å². The molecule has 0 spiro atoms. The Morgan fingerprint density at radius 2 is 1.09 bits per heavy atom. The van der Waals surface area contributed by atoms with E-state index in [1.165, 1.54) is 44.9 Å². The van der Waals surface area contributed by atoms with E-state index in [1.807, 2.05) is 75.8 Å². The fourth-order valence-corrected chi connectivity index (χ4v) is 5.42. The Labute approximate surface area is 322 Å². The molecule has 53 heavy (non-hydrogen) atoms. The molecule has 0 radical (unpaired) electrons. The minimum atomic E-state index is -4.40. The Morgan fingerprint density at radius 1 is 0.604 bits per heavy atom. The van der Waals surface area contributed by atoms with E-state index in [2.05, 4.69) is 44.2 Å². The van der Waals surface area contributed by atoms with Crippen LogP contribution in [-0.2, 0) is 32.7 Å². The molecule has 0 aliphatic rings. The van der Waals surface area contributed by atoms with Gasteiger partial charge in [0.15, 0.2) is 6.10 Å². The maximum Gasteiger partial charge on any atom is 0.472 e. The number of likely N-dealkylation sites (N-methyl/N-ethyl adjacent to an activating group) is 1. The second-order valence-corrected chi connectivity index (χ2v) is 15.5. The molecule has 9 nitrogen and oxygen atoms in total. The molecule has 0 heterocycles. The molecule has 1 N–H and O–H groups in total. The summed E-state index contributed by atoms with van der Waals surface area (Å²) in [6.45, 7) is 4.11. The molecule has 0 aliphatic heterocycles. The maximum atomic E-state index is 12.6. The lowest BCUT2D eigenvalue weighted by Crippen LogP contribution is -2.37. The van der Waals surface area contributed by atoms with Gasteiger partial charge < -0.3 is 18.9 Å². The quantitative estimate of drug-likeness (QED) is 0.0227. The van der Waals surface area contributed by atoms with E-state index in [9.17, 15) is 19.0 Å². The van der Waals surface area contributed by atoms with Crippen LogP contribution in [0.5, 0.6) is 0 Å². The normalized spacial score (nSPS) is 14.6. The summed E-state index contributed by atoms with van der Waals surface area (Å²) in [7, 11) is 1.40. The van der Waals surface area contributed by atoms with Crippen molar-refractivity contribution in [1.29, 1.82) is 0 Å². The van der Waals surface area contributed by atoms with Crippen LogP contribution in [0.2, 0.25) is 0 Å². The number of quaternary nitrogens is 1. The molecule has 2 unspecified atom stereocenters. The van der Waals surface area contributed by atoms with Gasteiger partial charge in [0.25, 0.3) is 0 Å². The van der Waals surface area contributed by atoms with Gasteiger partial charge in [0.2, 0.25) is 0 Å². The summed E-state index contributed by atoms with van der Waals surface area (Å²) in [4.78, 5) is 35.2. The first-order chi connectivity index (χ1) is 25.5. The average Bonchev–Trinajstić information content (AvgIpc) is 3.10. The van der Waals surface area contributed by atoms with Gasteiger partial charge in [-0.2, -0.15) is 0 Å². The number of allylic oxidation sites excluding steroid dienone is 14. The summed E-state index contributed by atoms with van der Waals surface area (Å²) >= 11 is 0. The highest BCUT2D eigenvalue weighted by molar-refractivity contribution is 7.47. The van der Waals surface area contributed by atoms with Crippen LogP contribution in [-0.4, -0.2) is 74.9 Å². The number of carbonyl (C=O) groups excluding carboxylic acids is 2. The number of phosphoric ester groups is 1. The highest BCUT2D eigenvalue weighted by atomic mass is 31.2. The molecule has 0 amide bonds. The van der Waals surface area contributed by atoms with E-state index in [0.29, 0.717) is 30.3 Å². The highest BCUT2D eigenvalue weighted by Crippen LogP contribution is 2.43. The topological polar surface area (TPSA) is 108 Å². The van der Waals surface area contributed by atoms with E-state index in [4.69, 9.17) is 18.5 Å². The van der Waals surface area contributed by atoms with Crippen LogP contribution >= 0.6 is 7.82 Å². The van der Waals surface area contributed by atoms with Gasteiger partial charge in [0.1, 0.15) is 19.8 Å². The van der Waals surface area contributed by atoms with Crippen LogP contribution < -0.4 is 0 Å². The number of hydrogen-bond donors (Lipinski definition) is 1. The van der Waals surface area contributed by atoms with Crippen LogP contribution in [0.15, 0.2) is 85.1 Å². The van der Waals surface area contributed by atoms with Crippen molar-refractivity contribution >= 4 is 19.8 Å². The zero-order valence-corrected chi connectivity index (χ0v) is 34.6. The largest absolute Gasteiger partial charge is 0.472 e. The average molecular weight is 763 g/mol. The molecule has 0 saturated carbocycles. The first-order valence-corrected chi connectivity index (χ1v) is 21.4. The summed E-state index contributed by atoms with van der Waals surface area (Å²) in [5.74, 6) is -0.927. The van der Waals surface area contributed by atoms with Crippen molar-refractivity contribution in [3.63, 3.8) is 0 Å². The molecular weight excluding hydrogens is 689 g/mol. The van der Waals surface area contributed by atoms with Crippen molar-refractivity contribution in [3.05, 3.63) is 85.1 Å². The van der Waals surface area contributed by atoms with Crippen molar-refractivity contribution < 1.29 is 42.1 Å². The van der Waals surface area contributed by atoms with Crippen LogP contribution in [0.4, 0.5) is 0 Å². The molecule has 0 fully saturated rings. The number of ether oxygens (including phenoxy) is 2. The van der Waals surface area contributed by atoms with E-state index in [-0.39, 0.29) is 26.1 Å². The first kappa shape index (κ1) is 50.2. The van der Waals surface area contributed by atoms with Crippen LogP contribution in [0.25, 0.3) is 0 Å². The summed E-state index contributed by atoms with van der Waals surface area (Å²) in [6.07, 6.45) is 43.7. The molecule has 2 atom stereocenters. The lowest BCUT2D eigenvalue weighted by atomic mass is 10.1. The minimum absolute atomic E-state index is 0.00913. The number of phosphoric acid groups is 1. The standard InChI is InChI=1S/C43H72NO8P/c1-6-8-10-12-14-16-18-20-21-22-24-25-27-29-31-33-35-42(45)49-39-41(40-51-53(47,48)50-38-37-44(3,4)5)52-43(46)36-34-32-30-28-26-23-19-17-15-13-11-9-7-2/h9,11,13,15,17,19,21-26,28,30,41H,6-8,10,12,14,16,18,20,27,29,31-40H2,1-5H3/p+1/b11-9+,15-13+,19-17+,22-21+,25-24+,26-23+,30-28+. The number of carbonyl (C=O) groups is 2. The monoisotopic (exact) mass is 763 g/mol. The SMILES string of the molecule is CC/C=C/C=C/C=C/C=C/C=C/CCCC(=O)OC(COC(=O)CCCCC/C=C/C=C/CCCCCCCCC)COP(=O)(O)OCC[N+](C)(C)C. The molecule has 10 heteroatoms. The van der Waals surface area contributed by atoms with E-state index < -0.39 is 32.5 Å². The second-order valence-electron chi connectivity index (χ2n) is 14.1. The number of nitrogens with zero attached hydrogens (tertiary/aromatic N) is 1. The molecule has 0 aromatic rings. The molecule has 0 bridgehead atoms. The van der Waals surface area contributed by atoms with Gasteiger partial charge >= 0.3 is 19.8 Å². The lowest BCUT2D eigenvalue weighted by molar-refractivity contribution is -0.870. The van der Waals surface area contributed by atoms with Gasteiger partial charge in [-0.05, 0) is 51.4 Å². The maximum absolute atomic E-state index is 12.6. The molecular formula is C43H73NO8P+. The molecule has 0 aromatic carbocycles. The summed E-state index contributed by atoms with van der Waals surface area (Å²) < 4.78 is 34.0.